The van der Waals surface area contributed by atoms with Crippen molar-refractivity contribution in [3.63, 3.8) is 0 Å². The summed E-state index contributed by atoms with van der Waals surface area (Å²) in [7, 11) is 8.54. The lowest BCUT2D eigenvalue weighted by molar-refractivity contribution is -0.667. The van der Waals surface area contributed by atoms with Crippen molar-refractivity contribution in [3.8, 4) is 89.5 Å². The van der Waals surface area contributed by atoms with Crippen LogP contribution >= 0.6 is 0 Å². The molecule has 138 heavy (non-hydrogen) atoms. The van der Waals surface area contributed by atoms with Crippen LogP contribution in [-0.4, -0.2) is 0 Å². The Labute approximate surface area is 811 Å². The third-order valence-electron chi connectivity index (χ3n) is 27.8. The number of rotatable bonds is 12. The number of aromatic nitrogens is 4. The van der Waals surface area contributed by atoms with Gasteiger partial charge in [-0.25, -0.2) is 19.4 Å². The third kappa shape index (κ3) is 17.7. The molecule has 0 aliphatic carbocycles. The molecule has 0 fully saturated rings. The second-order valence-corrected chi connectivity index (χ2v) is 40.5. The van der Waals surface area contributed by atoms with Gasteiger partial charge in [-0.3, -0.25) is 0 Å². The van der Waals surface area contributed by atoms with Crippen molar-refractivity contribution in [2.24, 2.45) is 39.0 Å². The average molecular weight is 1810 g/mol. The molecule has 0 atom stereocenters. The fourth-order valence-corrected chi connectivity index (χ4v) is 20.6. The van der Waals surface area contributed by atoms with Crippen molar-refractivity contribution in [2.75, 3.05) is 0 Å². The lowest BCUT2D eigenvalue weighted by Crippen LogP contribution is -2.37. The summed E-state index contributed by atoms with van der Waals surface area (Å²) >= 11 is 0. The predicted molar refractivity (Wildman–Crippen MR) is 570 cm³/mol. The molecule has 20 aromatic rings. The monoisotopic (exact) mass is 1810 g/mol. The summed E-state index contributed by atoms with van der Waals surface area (Å²) < 4.78 is 35.9. The van der Waals surface area contributed by atoms with Crippen molar-refractivity contribution >= 4 is 111 Å². The highest BCUT2D eigenvalue weighted by Gasteiger charge is 2.33. The van der Waals surface area contributed by atoms with Gasteiger partial charge >= 0.3 is 0 Å². The van der Waals surface area contributed by atoms with Gasteiger partial charge in [0.1, 0.15) is 72.9 Å². The van der Waals surface area contributed by atoms with Crippen molar-refractivity contribution < 1.29 is 35.9 Å². The van der Waals surface area contributed by atoms with Crippen molar-refractivity contribution in [1.82, 2.24) is 0 Å². The summed E-state index contributed by atoms with van der Waals surface area (Å²) in [5, 5.41) is 8.11. The maximum atomic E-state index is 7.69. The molecular weight excluding hydrogens is 1690 g/mol. The van der Waals surface area contributed by atoms with Gasteiger partial charge in [0.05, 0.1) is 48.5 Å². The standard InChI is InChI=1S/2C32H31N2O.2C31H29N2O/c1-20-13-15-25-27-18-24(33-6)17-26(22-11-9-8-10-12-22)30(27)35-31(25)29(20)28-16-14-23(19-32(3,4)5)21(2)34(28)7;1-20-13-14-25-27-18-24(33-6)17-26(23-11-9-8-10-12-23)30(27)35-31(25)29(20)28-16-22(19-32(3,4)5)15-21(2)34(28)7;1-18(2)25-17-28(33(7)21(5)20(25)4)29-19(3)13-14-24-27-16-23(32-6)15-26(30(27)34-31(24)29)22-11-9-8-10-12-22;1-18(2)28-20(4)15-27(33(7)21(28)5)29-19(3)13-14-24-26-17-23(32-6)16-25(30(26)34-31(24)29)22-11-9-8-10-12-22/h2*8-18H,19H2,1-5,7H3;2*8-18H,1-5,7H3/q4*+1. The molecular formula is C126H120N8O4+4. The average Bonchev–Trinajstić information content (AvgIpc) is 1.59. The smallest absolute Gasteiger partial charge is 0.216 e. The van der Waals surface area contributed by atoms with Crippen molar-refractivity contribution in [3.05, 3.63) is 379 Å². The largest absolute Gasteiger partial charge is 0.455 e. The van der Waals surface area contributed by atoms with E-state index in [1.54, 1.807) is 0 Å². The number of hydrogen-bond donors (Lipinski definition) is 0. The van der Waals surface area contributed by atoms with E-state index in [1.165, 1.54) is 78.4 Å². The Hall–Kier alpha value is -15.6. The van der Waals surface area contributed by atoms with E-state index in [0.717, 1.165) is 190 Å². The molecule has 12 aromatic carbocycles. The van der Waals surface area contributed by atoms with Gasteiger partial charge in [0.15, 0.2) is 45.5 Å². The SMILES string of the molecule is [C-]#[N+]c1cc(-c2ccccc2)c2oc3c(-c4cc(C(C)C)c(C)c(C)[n+]4C)c(C)ccc3c2c1.[C-]#[N+]c1cc(-c2ccccc2)c2oc3c(-c4cc(C)c(C(C)C)c(C)[n+]4C)c(C)ccc3c2c1.[C-]#[N+]c1cc(-c2ccccc2)c2oc3c(-c4cc(CC(C)(C)C)cc(C)[n+]4C)c(C)ccc3c2c1.[C-]#[N+]c1cc(-c2ccccc2)c2oc3c(-c4ccc(CC(C)(C)C)c(C)[n+]4C)c(C)ccc3c2c1. The predicted octanol–water partition coefficient (Wildman–Crippen LogP) is 33.7. The van der Waals surface area contributed by atoms with E-state index in [4.69, 9.17) is 44.0 Å². The molecule has 20 rings (SSSR count). The van der Waals surface area contributed by atoms with Crippen LogP contribution in [0.4, 0.5) is 22.7 Å². The second kappa shape index (κ2) is 37.6. The molecule has 12 nitrogen and oxygen atoms in total. The van der Waals surface area contributed by atoms with Crippen LogP contribution in [0.1, 0.15) is 159 Å². The van der Waals surface area contributed by atoms with Crippen LogP contribution < -0.4 is 18.3 Å². The summed E-state index contributed by atoms with van der Waals surface area (Å²) in [6, 6.07) is 87.2. The minimum Gasteiger partial charge on any atom is -0.455 e. The quantitative estimate of drug-likeness (QED) is 0.0901. The van der Waals surface area contributed by atoms with E-state index in [9.17, 15) is 0 Å². The highest BCUT2D eigenvalue weighted by atomic mass is 16.3. The highest BCUT2D eigenvalue weighted by Crippen LogP contribution is 2.50. The minimum atomic E-state index is 0.199. The van der Waals surface area contributed by atoms with E-state index in [-0.39, 0.29) is 10.8 Å². The molecule has 0 saturated carbocycles. The fourth-order valence-electron chi connectivity index (χ4n) is 20.6. The molecule has 8 heterocycles. The van der Waals surface area contributed by atoms with E-state index < -0.39 is 0 Å². The Morgan fingerprint density at radius 2 is 0.594 bits per heavy atom. The molecule has 0 amide bonds. The van der Waals surface area contributed by atoms with Crippen molar-refractivity contribution in [1.29, 1.82) is 0 Å². The summed E-state index contributed by atoms with van der Waals surface area (Å²) in [6.07, 6.45) is 2.03. The van der Waals surface area contributed by atoms with Crippen LogP contribution in [-0.2, 0) is 41.0 Å². The molecule has 0 saturated heterocycles. The molecule has 684 valence electrons. The number of pyridine rings is 4. The van der Waals surface area contributed by atoms with Crippen LogP contribution in [0.25, 0.3) is 197 Å². The highest BCUT2D eigenvalue weighted by molar-refractivity contribution is 6.18. The lowest BCUT2D eigenvalue weighted by Gasteiger charge is -2.19. The molecule has 0 aliphatic heterocycles. The van der Waals surface area contributed by atoms with Gasteiger partial charge in [0.2, 0.25) is 22.8 Å². The minimum absolute atomic E-state index is 0.199. The van der Waals surface area contributed by atoms with E-state index in [0.29, 0.717) is 34.6 Å². The summed E-state index contributed by atoms with van der Waals surface area (Å²) in [5.41, 5.74) is 44.6. The van der Waals surface area contributed by atoms with Crippen molar-refractivity contribution in [2.45, 2.75) is 163 Å². The maximum Gasteiger partial charge on any atom is 0.216 e. The van der Waals surface area contributed by atoms with Crippen LogP contribution in [0.3, 0.4) is 0 Å². The van der Waals surface area contributed by atoms with Gasteiger partial charge in [0, 0.05) is 140 Å². The molecule has 0 N–H and O–H groups in total. The van der Waals surface area contributed by atoms with Crippen LogP contribution in [0.5, 0.6) is 0 Å². The molecule has 0 unspecified atom stereocenters. The first kappa shape index (κ1) is 94.2. The Kier molecular flexibility index (Phi) is 25.6. The zero-order valence-electron chi connectivity index (χ0n) is 84.0. The molecule has 0 spiro atoms. The van der Waals surface area contributed by atoms with Gasteiger partial charge in [-0.1, -0.05) is 239 Å². The van der Waals surface area contributed by atoms with Crippen LogP contribution in [0, 0.1) is 106 Å². The molecule has 0 aliphatic rings. The Morgan fingerprint density at radius 3 is 0.913 bits per heavy atom. The Bertz CT molecular complexity index is 8470. The zero-order valence-corrected chi connectivity index (χ0v) is 84.0. The number of benzene rings is 12. The lowest BCUT2D eigenvalue weighted by atomic mass is 9.87. The zero-order chi connectivity index (χ0) is 98.1. The number of hydrogen-bond acceptors (Lipinski definition) is 4. The third-order valence-corrected chi connectivity index (χ3v) is 27.8. The number of aryl methyl sites for hydroxylation is 6. The van der Waals surface area contributed by atoms with Crippen LogP contribution in [0.15, 0.2) is 272 Å². The maximum absolute atomic E-state index is 7.69. The van der Waals surface area contributed by atoms with E-state index in [1.807, 2.05) is 121 Å². The Morgan fingerprint density at radius 1 is 0.283 bits per heavy atom. The first-order valence-electron chi connectivity index (χ1n) is 47.7. The molecule has 8 aromatic heterocycles. The Balaban J connectivity index is 0.000000127. The fraction of sp³-hybridized carbons (Fsp3) is 0.238. The first-order chi connectivity index (χ1) is 66.0. The van der Waals surface area contributed by atoms with Gasteiger partial charge in [-0.15, -0.1) is 0 Å². The number of nitrogens with zero attached hydrogens (tertiary/aromatic N) is 8. The summed E-state index contributed by atoms with van der Waals surface area (Å²) in [4.78, 5) is 15.0. The first-order valence-corrected chi connectivity index (χ1v) is 47.7. The second-order valence-electron chi connectivity index (χ2n) is 40.5. The van der Waals surface area contributed by atoms with E-state index >= 15 is 0 Å². The number of fused-ring (bicyclic) bond motifs is 12. The molecule has 0 radical (unpaired) electrons. The molecule has 0 bridgehead atoms. The van der Waals surface area contributed by atoms with Gasteiger partial charge in [-0.2, -0.15) is 18.3 Å². The summed E-state index contributed by atoms with van der Waals surface area (Å²) in [5.74, 6) is 0.892. The topological polar surface area (TPSA) is 85.5 Å². The van der Waals surface area contributed by atoms with Gasteiger partial charge in [-0.05, 0) is 193 Å². The summed E-state index contributed by atoms with van der Waals surface area (Å²) in [6.45, 7) is 75.1. The number of furan rings is 4. The molecule has 12 heteroatoms. The van der Waals surface area contributed by atoms with E-state index in [2.05, 4.69) is 338 Å². The van der Waals surface area contributed by atoms with Gasteiger partial charge < -0.3 is 17.7 Å². The normalized spacial score (nSPS) is 11.6. The van der Waals surface area contributed by atoms with Gasteiger partial charge in [0.25, 0.3) is 0 Å². The van der Waals surface area contributed by atoms with Crippen LogP contribution in [0.2, 0.25) is 0 Å².